The highest BCUT2D eigenvalue weighted by atomic mass is 16.6. The fourth-order valence-electron chi connectivity index (χ4n) is 1.45. The molecule has 0 radical (unpaired) electrons. The van der Waals surface area contributed by atoms with Gasteiger partial charge in [0.1, 0.15) is 5.60 Å². The lowest BCUT2D eigenvalue weighted by Gasteiger charge is -2.19. The molecule has 0 aliphatic carbocycles. The Kier molecular flexibility index (Phi) is 13.5. The third-order valence-electron chi connectivity index (χ3n) is 2.34. The lowest BCUT2D eigenvalue weighted by Crippen LogP contribution is -2.24. The van der Waals surface area contributed by atoms with E-state index in [2.05, 4.69) is 6.92 Å². The van der Waals surface area contributed by atoms with Crippen molar-refractivity contribution in [3.8, 4) is 0 Å². The maximum absolute atomic E-state index is 11.4. The Labute approximate surface area is 134 Å². The first-order valence-electron chi connectivity index (χ1n) is 7.98. The van der Waals surface area contributed by atoms with Crippen molar-refractivity contribution in [1.82, 2.24) is 0 Å². The van der Waals surface area contributed by atoms with Crippen molar-refractivity contribution in [1.29, 1.82) is 0 Å². The summed E-state index contributed by atoms with van der Waals surface area (Å²) in [6.45, 7) is 12.0. The van der Waals surface area contributed by atoms with Crippen LogP contribution in [0.15, 0.2) is 0 Å². The highest BCUT2D eigenvalue weighted by Gasteiger charge is 2.15. The molecule has 0 saturated carbocycles. The van der Waals surface area contributed by atoms with Crippen molar-refractivity contribution in [3.05, 3.63) is 0 Å². The van der Waals surface area contributed by atoms with Crippen LogP contribution in [0, 0.1) is 0 Å². The Balaban J connectivity index is 3.16. The maximum atomic E-state index is 11.4. The first-order chi connectivity index (χ1) is 10.5. The Morgan fingerprint density at radius 2 is 1.14 bits per heavy atom. The number of hydrogen-bond acceptors (Lipinski definition) is 6. The van der Waals surface area contributed by atoms with Crippen molar-refractivity contribution in [3.63, 3.8) is 0 Å². The van der Waals surface area contributed by atoms with Gasteiger partial charge in [-0.1, -0.05) is 6.92 Å². The minimum Gasteiger partial charge on any atom is -0.460 e. The van der Waals surface area contributed by atoms with Crippen LogP contribution in [0.2, 0.25) is 0 Å². The van der Waals surface area contributed by atoms with E-state index in [0.29, 0.717) is 46.2 Å². The molecule has 0 atom stereocenters. The second-order valence-corrected chi connectivity index (χ2v) is 5.79. The van der Waals surface area contributed by atoms with Crippen LogP contribution in [-0.2, 0) is 28.5 Å². The van der Waals surface area contributed by atoms with E-state index in [0.717, 1.165) is 13.0 Å². The van der Waals surface area contributed by atoms with E-state index in [9.17, 15) is 4.79 Å². The molecular weight excluding hydrogens is 288 g/mol. The zero-order valence-corrected chi connectivity index (χ0v) is 14.5. The van der Waals surface area contributed by atoms with Crippen molar-refractivity contribution >= 4 is 5.97 Å². The van der Waals surface area contributed by atoms with Crippen LogP contribution in [0.25, 0.3) is 0 Å². The zero-order valence-electron chi connectivity index (χ0n) is 14.5. The van der Waals surface area contributed by atoms with Crippen LogP contribution < -0.4 is 0 Å². The highest BCUT2D eigenvalue weighted by molar-refractivity contribution is 5.69. The number of carbonyl (C=O) groups excluding carboxylic acids is 1. The minimum atomic E-state index is -0.443. The molecule has 0 aromatic heterocycles. The molecule has 132 valence electrons. The van der Waals surface area contributed by atoms with Gasteiger partial charge in [-0.2, -0.15) is 0 Å². The molecule has 0 amide bonds. The standard InChI is InChI=1S/C16H32O6/c1-5-7-18-9-11-20-13-14-21-12-10-19-8-6-15(17)22-16(2,3)4/h5-14H2,1-4H3. The Morgan fingerprint density at radius 3 is 1.55 bits per heavy atom. The van der Waals surface area contributed by atoms with Crippen LogP contribution in [-0.4, -0.2) is 64.4 Å². The van der Waals surface area contributed by atoms with E-state index >= 15 is 0 Å². The average molecular weight is 320 g/mol. The second-order valence-electron chi connectivity index (χ2n) is 5.79. The third-order valence-corrected chi connectivity index (χ3v) is 2.34. The number of carbonyl (C=O) groups is 1. The van der Waals surface area contributed by atoms with E-state index in [1.165, 1.54) is 0 Å². The van der Waals surface area contributed by atoms with Gasteiger partial charge in [-0.3, -0.25) is 4.79 Å². The molecule has 0 bridgehead atoms. The van der Waals surface area contributed by atoms with Gasteiger partial charge < -0.3 is 23.7 Å². The molecule has 6 nitrogen and oxygen atoms in total. The van der Waals surface area contributed by atoms with Crippen molar-refractivity contribution in [2.75, 3.05) is 52.9 Å². The van der Waals surface area contributed by atoms with Crippen molar-refractivity contribution < 1.29 is 28.5 Å². The van der Waals surface area contributed by atoms with Gasteiger partial charge >= 0.3 is 5.97 Å². The van der Waals surface area contributed by atoms with Crippen LogP contribution in [0.5, 0.6) is 0 Å². The molecule has 0 aromatic carbocycles. The molecule has 6 heteroatoms. The Hall–Kier alpha value is -0.690. The van der Waals surface area contributed by atoms with Crippen LogP contribution in [0.4, 0.5) is 0 Å². The monoisotopic (exact) mass is 320 g/mol. The van der Waals surface area contributed by atoms with E-state index in [1.54, 1.807) is 0 Å². The summed E-state index contributed by atoms with van der Waals surface area (Å²) in [7, 11) is 0. The largest absolute Gasteiger partial charge is 0.460 e. The van der Waals surface area contributed by atoms with Crippen molar-refractivity contribution in [2.45, 2.75) is 46.1 Å². The quantitative estimate of drug-likeness (QED) is 0.361. The van der Waals surface area contributed by atoms with E-state index in [4.69, 9.17) is 23.7 Å². The molecule has 0 saturated heterocycles. The minimum absolute atomic E-state index is 0.243. The predicted molar refractivity (Wildman–Crippen MR) is 84.0 cm³/mol. The fourth-order valence-corrected chi connectivity index (χ4v) is 1.45. The van der Waals surface area contributed by atoms with E-state index in [1.807, 2.05) is 20.8 Å². The Bertz CT molecular complexity index is 262. The van der Waals surface area contributed by atoms with Gasteiger partial charge in [0.15, 0.2) is 0 Å². The van der Waals surface area contributed by atoms with Crippen molar-refractivity contribution in [2.24, 2.45) is 0 Å². The number of rotatable bonds is 14. The summed E-state index contributed by atoms with van der Waals surface area (Å²) < 4.78 is 26.4. The number of ether oxygens (including phenoxy) is 5. The third kappa shape index (κ3) is 17.4. The van der Waals surface area contributed by atoms with Crippen LogP contribution in [0.1, 0.15) is 40.5 Å². The Morgan fingerprint density at radius 1 is 0.727 bits per heavy atom. The summed E-state index contributed by atoms with van der Waals surface area (Å²) in [5.74, 6) is -0.243. The molecule has 0 heterocycles. The normalized spacial score (nSPS) is 11.6. The molecule has 0 N–H and O–H groups in total. The van der Waals surface area contributed by atoms with E-state index < -0.39 is 5.60 Å². The first kappa shape index (κ1) is 21.3. The van der Waals surface area contributed by atoms with E-state index in [-0.39, 0.29) is 12.4 Å². The predicted octanol–water partition coefficient (Wildman–Crippen LogP) is 2.19. The van der Waals surface area contributed by atoms with Gasteiger partial charge in [0.2, 0.25) is 0 Å². The van der Waals surface area contributed by atoms with Gasteiger partial charge in [0.25, 0.3) is 0 Å². The average Bonchev–Trinajstić information content (AvgIpc) is 2.42. The summed E-state index contributed by atoms with van der Waals surface area (Å²) in [5, 5.41) is 0. The number of hydrogen-bond donors (Lipinski definition) is 0. The summed E-state index contributed by atoms with van der Waals surface area (Å²) in [6, 6.07) is 0. The van der Waals surface area contributed by atoms with Crippen LogP contribution in [0.3, 0.4) is 0 Å². The molecular formula is C16H32O6. The lowest BCUT2D eigenvalue weighted by atomic mass is 10.2. The van der Waals surface area contributed by atoms with Gasteiger partial charge in [-0.25, -0.2) is 0 Å². The van der Waals surface area contributed by atoms with Crippen LogP contribution >= 0.6 is 0 Å². The molecule has 0 spiro atoms. The SMILES string of the molecule is CCCOCCOCCOCCOCCC(=O)OC(C)(C)C. The van der Waals surface area contributed by atoms with Gasteiger partial charge in [-0.05, 0) is 27.2 Å². The summed E-state index contributed by atoms with van der Waals surface area (Å²) in [4.78, 5) is 11.4. The highest BCUT2D eigenvalue weighted by Crippen LogP contribution is 2.07. The summed E-state index contributed by atoms with van der Waals surface area (Å²) >= 11 is 0. The van der Waals surface area contributed by atoms with Gasteiger partial charge in [0, 0.05) is 6.61 Å². The van der Waals surface area contributed by atoms with Gasteiger partial charge in [-0.15, -0.1) is 0 Å². The lowest BCUT2D eigenvalue weighted by molar-refractivity contribution is -0.156. The number of esters is 1. The second kappa shape index (κ2) is 13.9. The molecule has 0 aliphatic rings. The maximum Gasteiger partial charge on any atom is 0.308 e. The molecule has 0 fully saturated rings. The molecule has 0 rings (SSSR count). The summed E-state index contributed by atoms with van der Waals surface area (Å²) in [6.07, 6.45) is 1.29. The van der Waals surface area contributed by atoms with Gasteiger partial charge in [0.05, 0.1) is 52.7 Å². The molecule has 22 heavy (non-hydrogen) atoms. The topological polar surface area (TPSA) is 63.2 Å². The zero-order chi connectivity index (χ0) is 16.7. The smallest absolute Gasteiger partial charge is 0.308 e. The molecule has 0 aromatic rings. The molecule has 0 unspecified atom stereocenters. The fraction of sp³-hybridized carbons (Fsp3) is 0.938. The molecule has 0 aliphatic heterocycles. The first-order valence-corrected chi connectivity index (χ1v) is 7.98. The summed E-state index contributed by atoms with van der Waals surface area (Å²) in [5.41, 5.74) is -0.443.